The Balaban J connectivity index is 1.46. The second-order valence-electron chi connectivity index (χ2n) is 8.33. The third-order valence-electron chi connectivity index (χ3n) is 7.08. The largest absolute Gasteiger partial charge is 0.294 e. The van der Waals surface area contributed by atoms with Crippen molar-refractivity contribution in [1.29, 1.82) is 0 Å². The van der Waals surface area contributed by atoms with Crippen LogP contribution >= 0.6 is 0 Å². The quantitative estimate of drug-likeness (QED) is 0.610. The molecule has 3 amide bonds. The van der Waals surface area contributed by atoms with E-state index in [9.17, 15) is 14.4 Å². The number of imide groups is 1. The SMILES string of the molecule is CCc1ccccc1N(CN1C(=O)[C@@H]2[C@H]3C=C[C@@H]([C@@H]4C[C@H]34)[C@H]2C1=O)C(C)=O. The number of amides is 3. The van der Waals surface area contributed by atoms with E-state index in [1.807, 2.05) is 31.2 Å². The smallest absolute Gasteiger partial charge is 0.235 e. The van der Waals surface area contributed by atoms with E-state index in [4.69, 9.17) is 0 Å². The summed E-state index contributed by atoms with van der Waals surface area (Å²) in [5.74, 6) is 0.823. The van der Waals surface area contributed by atoms with Crippen LogP contribution in [0.15, 0.2) is 36.4 Å². The fraction of sp³-hybridized carbons (Fsp3) is 0.500. The van der Waals surface area contributed by atoms with Gasteiger partial charge in [-0.15, -0.1) is 0 Å². The number of carbonyl (C=O) groups excluding carboxylic acids is 3. The summed E-state index contributed by atoms with van der Waals surface area (Å²) in [6.45, 7) is 3.55. The highest BCUT2D eigenvalue weighted by atomic mass is 16.2. The molecule has 1 aromatic rings. The number of allylic oxidation sites excluding steroid dienone is 2. The molecule has 140 valence electrons. The van der Waals surface area contributed by atoms with E-state index in [-0.39, 0.29) is 48.1 Å². The van der Waals surface area contributed by atoms with Crippen molar-refractivity contribution < 1.29 is 14.4 Å². The minimum atomic E-state index is -0.216. The van der Waals surface area contributed by atoms with Crippen LogP contribution in [0, 0.1) is 35.5 Å². The number of rotatable bonds is 4. The standard InChI is InChI=1S/C22H24N2O3/c1-3-13-6-4-5-7-18(13)23(12(2)25)11-24-21(26)19-14-8-9-15(17-10-16(14)17)20(19)22(24)27/h4-9,14-17,19-20H,3,10-11H2,1-2H3/t14-,15-,16-,17+,19+,20+/m0/s1. The molecule has 5 aliphatic rings. The van der Waals surface area contributed by atoms with Gasteiger partial charge in [0.1, 0.15) is 6.67 Å². The summed E-state index contributed by atoms with van der Waals surface area (Å²) in [4.78, 5) is 41.7. The van der Waals surface area contributed by atoms with Gasteiger partial charge in [0.05, 0.1) is 11.8 Å². The molecular formula is C22H24N2O3. The highest BCUT2D eigenvalue weighted by Crippen LogP contribution is 2.65. The molecule has 2 saturated carbocycles. The number of hydrogen-bond acceptors (Lipinski definition) is 3. The van der Waals surface area contributed by atoms with Crippen molar-refractivity contribution in [2.24, 2.45) is 35.5 Å². The van der Waals surface area contributed by atoms with E-state index in [2.05, 4.69) is 12.2 Å². The van der Waals surface area contributed by atoms with Gasteiger partial charge in [-0.1, -0.05) is 37.3 Å². The molecule has 6 atom stereocenters. The maximum atomic E-state index is 13.2. The number of carbonyl (C=O) groups is 3. The van der Waals surface area contributed by atoms with Gasteiger partial charge < -0.3 is 0 Å². The monoisotopic (exact) mass is 364 g/mol. The van der Waals surface area contributed by atoms with Gasteiger partial charge in [0.2, 0.25) is 17.7 Å². The van der Waals surface area contributed by atoms with E-state index in [1.165, 1.54) is 11.8 Å². The topological polar surface area (TPSA) is 57.7 Å². The molecule has 0 aromatic heterocycles. The maximum Gasteiger partial charge on any atom is 0.235 e. The maximum absolute atomic E-state index is 13.2. The molecule has 5 heteroatoms. The number of aryl methyl sites for hydroxylation is 1. The molecule has 2 bridgehead atoms. The molecule has 27 heavy (non-hydrogen) atoms. The van der Waals surface area contributed by atoms with Crippen LogP contribution < -0.4 is 4.90 Å². The summed E-state index contributed by atoms with van der Waals surface area (Å²) >= 11 is 0. The number of nitrogens with zero attached hydrogens (tertiary/aromatic N) is 2. The lowest BCUT2D eigenvalue weighted by Gasteiger charge is -2.37. The zero-order valence-corrected chi connectivity index (χ0v) is 15.7. The van der Waals surface area contributed by atoms with Crippen LogP contribution in [-0.2, 0) is 20.8 Å². The van der Waals surface area contributed by atoms with Gasteiger partial charge >= 0.3 is 0 Å². The third kappa shape index (κ3) is 2.27. The lowest BCUT2D eigenvalue weighted by atomic mass is 9.63. The second kappa shape index (κ2) is 5.78. The Hall–Kier alpha value is -2.43. The Bertz CT molecular complexity index is 840. The summed E-state index contributed by atoms with van der Waals surface area (Å²) in [6.07, 6.45) is 6.28. The number of likely N-dealkylation sites (tertiary alicyclic amines) is 1. The van der Waals surface area contributed by atoms with Crippen LogP contribution in [0.2, 0.25) is 0 Å². The molecule has 1 heterocycles. The number of hydrogen-bond donors (Lipinski definition) is 0. The first kappa shape index (κ1) is 16.7. The van der Waals surface area contributed by atoms with Crippen molar-refractivity contribution in [3.05, 3.63) is 42.0 Å². The average Bonchev–Trinajstić information content (AvgIpc) is 3.45. The molecule has 3 fully saturated rings. The highest BCUT2D eigenvalue weighted by molar-refractivity contribution is 6.07. The molecule has 5 nitrogen and oxygen atoms in total. The van der Waals surface area contributed by atoms with Crippen molar-refractivity contribution in [3.63, 3.8) is 0 Å². The van der Waals surface area contributed by atoms with E-state index in [1.54, 1.807) is 4.90 Å². The zero-order valence-electron chi connectivity index (χ0n) is 15.7. The molecule has 1 aromatic carbocycles. The van der Waals surface area contributed by atoms with Crippen molar-refractivity contribution in [1.82, 2.24) is 4.90 Å². The second-order valence-corrected chi connectivity index (χ2v) is 8.33. The summed E-state index contributed by atoms with van der Waals surface area (Å²) in [5, 5.41) is 0. The molecule has 0 spiro atoms. The molecular weight excluding hydrogens is 340 g/mol. The first-order valence-electron chi connectivity index (χ1n) is 9.92. The fourth-order valence-electron chi connectivity index (χ4n) is 5.72. The van der Waals surface area contributed by atoms with Crippen LogP contribution in [-0.4, -0.2) is 29.3 Å². The minimum absolute atomic E-state index is 0.0196. The molecule has 0 radical (unpaired) electrons. The van der Waals surface area contributed by atoms with Gasteiger partial charge in [-0.05, 0) is 48.1 Å². The minimum Gasteiger partial charge on any atom is -0.294 e. The average molecular weight is 364 g/mol. The van der Waals surface area contributed by atoms with Gasteiger partial charge in [0.15, 0.2) is 0 Å². The van der Waals surface area contributed by atoms with Gasteiger partial charge in [-0.25, -0.2) is 0 Å². The molecule has 6 rings (SSSR count). The van der Waals surface area contributed by atoms with E-state index >= 15 is 0 Å². The summed E-state index contributed by atoms with van der Waals surface area (Å²) in [6, 6.07) is 7.70. The number of anilines is 1. The van der Waals surface area contributed by atoms with Crippen molar-refractivity contribution in [2.45, 2.75) is 26.7 Å². The lowest BCUT2D eigenvalue weighted by molar-refractivity contribution is -0.140. The summed E-state index contributed by atoms with van der Waals surface area (Å²) in [7, 11) is 0. The Kier molecular flexibility index (Phi) is 3.58. The van der Waals surface area contributed by atoms with Crippen LogP contribution in [0.4, 0.5) is 5.69 Å². The highest BCUT2D eigenvalue weighted by Gasteiger charge is 2.67. The van der Waals surface area contributed by atoms with Gasteiger partial charge in [0.25, 0.3) is 0 Å². The van der Waals surface area contributed by atoms with E-state index in [0.29, 0.717) is 11.8 Å². The first-order chi connectivity index (χ1) is 13.0. The summed E-state index contributed by atoms with van der Waals surface area (Å²) < 4.78 is 0. The Morgan fingerprint density at radius 2 is 1.67 bits per heavy atom. The van der Waals surface area contributed by atoms with Gasteiger partial charge in [0, 0.05) is 12.6 Å². The lowest BCUT2D eigenvalue weighted by Crippen LogP contribution is -2.44. The molecule has 0 N–H and O–H groups in total. The Labute approximate surface area is 159 Å². The normalized spacial score (nSPS) is 35.3. The van der Waals surface area contributed by atoms with Crippen LogP contribution in [0.25, 0.3) is 0 Å². The molecule has 0 unspecified atom stereocenters. The van der Waals surface area contributed by atoms with Crippen LogP contribution in [0.5, 0.6) is 0 Å². The first-order valence-corrected chi connectivity index (χ1v) is 9.92. The Morgan fingerprint density at radius 3 is 2.22 bits per heavy atom. The fourth-order valence-corrected chi connectivity index (χ4v) is 5.72. The number of benzene rings is 1. The predicted octanol–water partition coefficient (Wildman–Crippen LogP) is 2.61. The van der Waals surface area contributed by atoms with Gasteiger partial charge in [-0.2, -0.15) is 0 Å². The zero-order chi connectivity index (χ0) is 18.9. The summed E-state index contributed by atoms with van der Waals surface area (Å²) in [5.41, 5.74) is 1.82. The van der Waals surface area contributed by atoms with Crippen LogP contribution in [0.3, 0.4) is 0 Å². The van der Waals surface area contributed by atoms with Crippen molar-refractivity contribution >= 4 is 23.4 Å². The Morgan fingerprint density at radius 1 is 1.07 bits per heavy atom. The molecule has 4 aliphatic carbocycles. The van der Waals surface area contributed by atoms with Gasteiger partial charge in [-0.3, -0.25) is 24.2 Å². The van der Waals surface area contributed by atoms with Crippen molar-refractivity contribution in [3.8, 4) is 0 Å². The predicted molar refractivity (Wildman–Crippen MR) is 100 cm³/mol. The van der Waals surface area contributed by atoms with Crippen molar-refractivity contribution in [2.75, 3.05) is 11.6 Å². The van der Waals surface area contributed by atoms with E-state index < -0.39 is 0 Å². The van der Waals surface area contributed by atoms with E-state index in [0.717, 1.165) is 24.1 Å². The number of para-hydroxylation sites is 1. The molecule has 1 aliphatic heterocycles. The van der Waals surface area contributed by atoms with Crippen LogP contribution in [0.1, 0.15) is 25.8 Å². The molecule has 1 saturated heterocycles. The third-order valence-corrected chi connectivity index (χ3v) is 7.08.